The lowest BCUT2D eigenvalue weighted by Crippen LogP contribution is -2.28. The van der Waals surface area contributed by atoms with E-state index in [2.05, 4.69) is 5.32 Å². The van der Waals surface area contributed by atoms with Crippen LogP contribution in [0.4, 0.5) is 0 Å². The zero-order valence-electron chi connectivity index (χ0n) is 11.3. The van der Waals surface area contributed by atoms with Gasteiger partial charge in [0.05, 0.1) is 0 Å². The molecule has 1 aliphatic rings. The first kappa shape index (κ1) is 14.4. The molecule has 0 spiro atoms. The van der Waals surface area contributed by atoms with Crippen molar-refractivity contribution in [2.45, 2.75) is 44.9 Å². The standard InChI is InChI=1S/C16H22ClNO/c17-15-8-4-7-14(11-15)9-10-18-16(19)12-13-5-2-1-3-6-13/h4,7-8,11,13H,1-3,5-6,9-10,12H2,(H,18,19). The normalized spacial score (nSPS) is 16.3. The summed E-state index contributed by atoms with van der Waals surface area (Å²) in [4.78, 5) is 11.8. The fourth-order valence-corrected chi connectivity index (χ4v) is 2.98. The molecule has 2 nitrogen and oxygen atoms in total. The smallest absolute Gasteiger partial charge is 0.220 e. The first-order chi connectivity index (χ1) is 9.24. The van der Waals surface area contributed by atoms with Gasteiger partial charge in [0.25, 0.3) is 0 Å². The Balaban J connectivity index is 1.66. The average Bonchev–Trinajstić information content (AvgIpc) is 2.40. The lowest BCUT2D eigenvalue weighted by atomic mass is 9.87. The summed E-state index contributed by atoms with van der Waals surface area (Å²) in [5.41, 5.74) is 1.17. The van der Waals surface area contributed by atoms with Crippen LogP contribution < -0.4 is 5.32 Å². The van der Waals surface area contributed by atoms with Gasteiger partial charge in [-0.15, -0.1) is 0 Å². The highest BCUT2D eigenvalue weighted by Gasteiger charge is 2.16. The second-order valence-electron chi connectivity index (χ2n) is 5.44. The molecular formula is C16H22ClNO. The molecule has 1 aromatic carbocycles. The topological polar surface area (TPSA) is 29.1 Å². The summed E-state index contributed by atoms with van der Waals surface area (Å²) in [6.07, 6.45) is 7.92. The Hall–Kier alpha value is -1.02. The molecule has 1 aromatic rings. The molecule has 0 heterocycles. The van der Waals surface area contributed by atoms with Gasteiger partial charge in [-0.2, -0.15) is 0 Å². The van der Waals surface area contributed by atoms with Crippen molar-refractivity contribution in [1.82, 2.24) is 5.32 Å². The minimum Gasteiger partial charge on any atom is -0.356 e. The van der Waals surface area contributed by atoms with Gasteiger partial charge in [-0.1, -0.05) is 43.0 Å². The average molecular weight is 280 g/mol. The fraction of sp³-hybridized carbons (Fsp3) is 0.562. The van der Waals surface area contributed by atoms with Crippen molar-refractivity contribution in [3.8, 4) is 0 Å². The molecule has 1 fully saturated rings. The highest BCUT2D eigenvalue weighted by atomic mass is 35.5. The molecule has 3 heteroatoms. The van der Waals surface area contributed by atoms with Gasteiger partial charge >= 0.3 is 0 Å². The van der Waals surface area contributed by atoms with Crippen molar-refractivity contribution >= 4 is 17.5 Å². The monoisotopic (exact) mass is 279 g/mol. The van der Waals surface area contributed by atoms with Gasteiger partial charge in [0.2, 0.25) is 5.91 Å². The third-order valence-electron chi connectivity index (χ3n) is 3.82. The van der Waals surface area contributed by atoms with Crippen molar-refractivity contribution in [3.05, 3.63) is 34.9 Å². The van der Waals surface area contributed by atoms with E-state index in [1.54, 1.807) is 0 Å². The second-order valence-corrected chi connectivity index (χ2v) is 5.87. The molecule has 1 saturated carbocycles. The van der Waals surface area contributed by atoms with Gasteiger partial charge in [0.1, 0.15) is 0 Å². The Kier molecular flexibility index (Phi) is 5.71. The van der Waals surface area contributed by atoms with Crippen molar-refractivity contribution in [2.75, 3.05) is 6.54 Å². The summed E-state index contributed by atoms with van der Waals surface area (Å²) in [5, 5.41) is 3.77. The van der Waals surface area contributed by atoms with E-state index in [-0.39, 0.29) is 5.91 Å². The van der Waals surface area contributed by atoms with Crippen molar-refractivity contribution in [1.29, 1.82) is 0 Å². The van der Waals surface area contributed by atoms with Crippen LogP contribution in [0.1, 0.15) is 44.1 Å². The molecule has 1 amide bonds. The Bertz CT molecular complexity index is 413. The molecule has 0 atom stereocenters. The predicted octanol–water partition coefficient (Wildman–Crippen LogP) is 3.97. The van der Waals surface area contributed by atoms with Crippen molar-refractivity contribution < 1.29 is 4.79 Å². The minimum absolute atomic E-state index is 0.203. The molecule has 104 valence electrons. The van der Waals surface area contributed by atoms with Crippen LogP contribution in [0.2, 0.25) is 5.02 Å². The van der Waals surface area contributed by atoms with Gasteiger partial charge in [-0.3, -0.25) is 4.79 Å². The van der Waals surface area contributed by atoms with E-state index in [9.17, 15) is 4.79 Å². The number of hydrogen-bond acceptors (Lipinski definition) is 1. The number of nitrogens with one attached hydrogen (secondary N) is 1. The first-order valence-corrected chi connectivity index (χ1v) is 7.63. The van der Waals surface area contributed by atoms with Crippen LogP contribution in [0.3, 0.4) is 0 Å². The fourth-order valence-electron chi connectivity index (χ4n) is 2.76. The molecule has 0 radical (unpaired) electrons. The Morgan fingerprint density at radius 2 is 2.05 bits per heavy atom. The maximum atomic E-state index is 11.8. The lowest BCUT2D eigenvalue weighted by Gasteiger charge is -2.20. The second kappa shape index (κ2) is 7.54. The zero-order chi connectivity index (χ0) is 13.5. The van der Waals surface area contributed by atoms with E-state index in [1.807, 2.05) is 24.3 Å². The summed E-state index contributed by atoms with van der Waals surface area (Å²) < 4.78 is 0. The van der Waals surface area contributed by atoms with E-state index in [0.717, 1.165) is 11.4 Å². The molecular weight excluding hydrogens is 258 g/mol. The predicted molar refractivity (Wildman–Crippen MR) is 79.4 cm³/mol. The number of carbonyl (C=O) groups excluding carboxylic acids is 1. The third kappa shape index (κ3) is 5.23. The van der Waals surface area contributed by atoms with Crippen LogP contribution in [0.25, 0.3) is 0 Å². The van der Waals surface area contributed by atoms with Gasteiger partial charge < -0.3 is 5.32 Å². The van der Waals surface area contributed by atoms with Crippen LogP contribution in [0, 0.1) is 5.92 Å². The van der Waals surface area contributed by atoms with E-state index in [4.69, 9.17) is 11.6 Å². The van der Waals surface area contributed by atoms with Crippen molar-refractivity contribution in [2.24, 2.45) is 5.92 Å². The summed E-state index contributed by atoms with van der Waals surface area (Å²) >= 11 is 5.93. The number of benzene rings is 1. The number of hydrogen-bond donors (Lipinski definition) is 1. The summed E-state index contributed by atoms with van der Waals surface area (Å²) in [6.45, 7) is 0.700. The summed E-state index contributed by atoms with van der Waals surface area (Å²) in [7, 11) is 0. The number of amides is 1. The highest BCUT2D eigenvalue weighted by molar-refractivity contribution is 6.30. The largest absolute Gasteiger partial charge is 0.356 e. The SMILES string of the molecule is O=C(CC1CCCCC1)NCCc1cccc(Cl)c1. The Labute approximate surface area is 120 Å². The van der Waals surface area contributed by atoms with Crippen LogP contribution in [0.5, 0.6) is 0 Å². The van der Waals surface area contributed by atoms with Gasteiger partial charge in [-0.25, -0.2) is 0 Å². The lowest BCUT2D eigenvalue weighted by molar-refractivity contribution is -0.122. The maximum absolute atomic E-state index is 11.8. The van der Waals surface area contributed by atoms with Crippen LogP contribution >= 0.6 is 11.6 Å². The van der Waals surface area contributed by atoms with Crippen LogP contribution in [-0.4, -0.2) is 12.5 Å². The van der Waals surface area contributed by atoms with E-state index in [0.29, 0.717) is 18.9 Å². The van der Waals surface area contributed by atoms with E-state index >= 15 is 0 Å². The van der Waals surface area contributed by atoms with E-state index in [1.165, 1.54) is 37.7 Å². The quantitative estimate of drug-likeness (QED) is 0.868. The Morgan fingerprint density at radius 1 is 1.26 bits per heavy atom. The number of rotatable bonds is 5. The van der Waals surface area contributed by atoms with E-state index < -0.39 is 0 Å². The molecule has 2 rings (SSSR count). The van der Waals surface area contributed by atoms with Gasteiger partial charge in [-0.05, 0) is 42.9 Å². The first-order valence-electron chi connectivity index (χ1n) is 7.25. The molecule has 0 saturated heterocycles. The molecule has 0 aromatic heterocycles. The molecule has 0 aliphatic heterocycles. The molecule has 1 aliphatic carbocycles. The molecule has 19 heavy (non-hydrogen) atoms. The summed E-state index contributed by atoms with van der Waals surface area (Å²) in [6, 6.07) is 7.81. The summed E-state index contributed by atoms with van der Waals surface area (Å²) in [5.74, 6) is 0.814. The number of carbonyl (C=O) groups is 1. The van der Waals surface area contributed by atoms with Crippen molar-refractivity contribution in [3.63, 3.8) is 0 Å². The highest BCUT2D eigenvalue weighted by Crippen LogP contribution is 2.25. The van der Waals surface area contributed by atoms with Gasteiger partial charge in [0.15, 0.2) is 0 Å². The maximum Gasteiger partial charge on any atom is 0.220 e. The molecule has 1 N–H and O–H groups in total. The molecule has 0 bridgehead atoms. The number of halogens is 1. The van der Waals surface area contributed by atoms with Gasteiger partial charge in [0, 0.05) is 18.0 Å². The Morgan fingerprint density at radius 3 is 2.79 bits per heavy atom. The minimum atomic E-state index is 0.203. The van der Waals surface area contributed by atoms with Crippen LogP contribution in [-0.2, 0) is 11.2 Å². The van der Waals surface area contributed by atoms with Crippen LogP contribution in [0.15, 0.2) is 24.3 Å². The zero-order valence-corrected chi connectivity index (χ0v) is 12.1. The third-order valence-corrected chi connectivity index (χ3v) is 4.06. The molecule has 0 unspecified atom stereocenters.